The van der Waals surface area contributed by atoms with Crippen LogP contribution in [0.5, 0.6) is 0 Å². The van der Waals surface area contributed by atoms with Crippen LogP contribution in [0.4, 0.5) is 0 Å². The van der Waals surface area contributed by atoms with Crippen molar-refractivity contribution in [2.45, 2.75) is 18.9 Å². The van der Waals surface area contributed by atoms with E-state index in [1.165, 1.54) is 0 Å². The van der Waals surface area contributed by atoms with Gasteiger partial charge in [-0.3, -0.25) is 4.68 Å². The van der Waals surface area contributed by atoms with Gasteiger partial charge in [0.1, 0.15) is 5.15 Å². The smallest absolute Gasteiger partial charge is 0.129 e. The predicted molar refractivity (Wildman–Crippen MR) is 65.7 cm³/mol. The molecule has 2 heterocycles. The normalized spacial score (nSPS) is 12.6. The van der Waals surface area contributed by atoms with E-state index in [0.717, 1.165) is 17.5 Å². The van der Waals surface area contributed by atoms with E-state index in [9.17, 15) is 5.11 Å². The van der Waals surface area contributed by atoms with Gasteiger partial charge in [0.05, 0.1) is 12.3 Å². The van der Waals surface area contributed by atoms with E-state index in [1.807, 2.05) is 19.4 Å². The fourth-order valence-electron chi connectivity index (χ4n) is 1.70. The number of rotatable bonds is 4. The van der Waals surface area contributed by atoms with E-state index in [2.05, 4.69) is 10.1 Å². The lowest BCUT2D eigenvalue weighted by Crippen LogP contribution is -1.99. The molecule has 2 rings (SSSR count). The Morgan fingerprint density at radius 3 is 3.00 bits per heavy atom. The first kappa shape index (κ1) is 12.1. The van der Waals surface area contributed by atoms with Gasteiger partial charge in [-0.2, -0.15) is 5.10 Å². The molecule has 0 fully saturated rings. The van der Waals surface area contributed by atoms with Crippen LogP contribution < -0.4 is 0 Å². The van der Waals surface area contributed by atoms with Crippen molar-refractivity contribution in [2.75, 3.05) is 0 Å². The Balaban J connectivity index is 1.95. The summed E-state index contributed by atoms with van der Waals surface area (Å²) >= 11 is 5.77. The summed E-state index contributed by atoms with van der Waals surface area (Å²) in [4.78, 5) is 3.88. The van der Waals surface area contributed by atoms with E-state index in [1.54, 1.807) is 23.0 Å². The summed E-state index contributed by atoms with van der Waals surface area (Å²) in [5.41, 5.74) is 1.92. The number of aliphatic hydroxyl groups is 1. The Bertz CT molecular complexity index is 498. The molecule has 0 aromatic carbocycles. The Morgan fingerprint density at radius 2 is 2.35 bits per heavy atom. The molecule has 0 aliphatic rings. The number of nitrogens with zero attached hydrogens (tertiary/aromatic N) is 3. The van der Waals surface area contributed by atoms with Crippen LogP contribution >= 0.6 is 11.6 Å². The molecule has 5 heteroatoms. The molecule has 90 valence electrons. The molecule has 0 spiro atoms. The maximum absolute atomic E-state index is 10.00. The fraction of sp³-hybridized carbons (Fsp3) is 0.333. The van der Waals surface area contributed by atoms with Crippen molar-refractivity contribution < 1.29 is 5.11 Å². The van der Waals surface area contributed by atoms with E-state index < -0.39 is 6.10 Å². The molecule has 1 N–H and O–H groups in total. The average molecular weight is 252 g/mol. The van der Waals surface area contributed by atoms with Crippen LogP contribution in [-0.2, 0) is 13.5 Å². The van der Waals surface area contributed by atoms with Crippen LogP contribution in [0.1, 0.15) is 23.7 Å². The number of hydrogen-bond donors (Lipinski definition) is 1. The van der Waals surface area contributed by atoms with Crippen molar-refractivity contribution in [3.8, 4) is 0 Å². The topological polar surface area (TPSA) is 50.9 Å². The highest BCUT2D eigenvalue weighted by Gasteiger charge is 2.09. The second kappa shape index (κ2) is 5.29. The lowest BCUT2D eigenvalue weighted by atomic mass is 10.0. The summed E-state index contributed by atoms with van der Waals surface area (Å²) in [6.07, 6.45) is 6.28. The zero-order valence-corrected chi connectivity index (χ0v) is 10.3. The first-order valence-corrected chi connectivity index (χ1v) is 5.80. The Kier molecular flexibility index (Phi) is 3.76. The van der Waals surface area contributed by atoms with Gasteiger partial charge in [-0.15, -0.1) is 0 Å². The third-order valence-electron chi connectivity index (χ3n) is 2.60. The van der Waals surface area contributed by atoms with Crippen LogP contribution in [0, 0.1) is 0 Å². The predicted octanol–water partition coefficient (Wildman–Crippen LogP) is 2.13. The fourth-order valence-corrected chi connectivity index (χ4v) is 1.88. The number of aromatic nitrogens is 3. The largest absolute Gasteiger partial charge is 0.388 e. The summed E-state index contributed by atoms with van der Waals surface area (Å²) in [7, 11) is 1.88. The Labute approximate surface area is 105 Å². The highest BCUT2D eigenvalue weighted by Crippen LogP contribution is 2.20. The minimum Gasteiger partial charge on any atom is -0.388 e. The third-order valence-corrected chi connectivity index (χ3v) is 2.81. The number of aryl methyl sites for hydroxylation is 2. The summed E-state index contributed by atoms with van der Waals surface area (Å²) in [6.45, 7) is 0. The van der Waals surface area contributed by atoms with Crippen LogP contribution in [0.3, 0.4) is 0 Å². The van der Waals surface area contributed by atoms with Crippen molar-refractivity contribution in [2.24, 2.45) is 7.05 Å². The molecule has 0 amide bonds. The molecule has 0 saturated heterocycles. The number of halogens is 1. The maximum atomic E-state index is 10.00. The number of hydrogen-bond acceptors (Lipinski definition) is 3. The van der Waals surface area contributed by atoms with Gasteiger partial charge in [0.15, 0.2) is 0 Å². The zero-order chi connectivity index (χ0) is 12.3. The zero-order valence-electron chi connectivity index (χ0n) is 9.55. The molecule has 1 unspecified atom stereocenters. The van der Waals surface area contributed by atoms with Crippen molar-refractivity contribution >= 4 is 11.6 Å². The SMILES string of the molecule is Cn1cc(CCC(O)c2ccnc(Cl)c2)cn1. The van der Waals surface area contributed by atoms with Gasteiger partial charge >= 0.3 is 0 Å². The molecule has 2 aromatic heterocycles. The molecule has 1 atom stereocenters. The molecule has 0 saturated carbocycles. The summed E-state index contributed by atoms with van der Waals surface area (Å²) < 4.78 is 1.75. The van der Waals surface area contributed by atoms with Gasteiger partial charge in [-0.1, -0.05) is 11.6 Å². The van der Waals surface area contributed by atoms with Crippen LogP contribution in [0.15, 0.2) is 30.7 Å². The molecule has 17 heavy (non-hydrogen) atoms. The summed E-state index contributed by atoms with van der Waals surface area (Å²) in [5, 5.41) is 14.5. The van der Waals surface area contributed by atoms with Crippen LogP contribution in [0.25, 0.3) is 0 Å². The second-order valence-corrected chi connectivity index (χ2v) is 4.38. The molecule has 0 radical (unpaired) electrons. The van der Waals surface area contributed by atoms with E-state index in [0.29, 0.717) is 11.6 Å². The molecule has 4 nitrogen and oxygen atoms in total. The summed E-state index contributed by atoms with van der Waals surface area (Å²) in [5.74, 6) is 0. The standard InChI is InChI=1S/C12H14ClN3O/c1-16-8-9(7-15-16)2-3-11(17)10-4-5-14-12(13)6-10/h4-8,11,17H,2-3H2,1H3. The Hall–Kier alpha value is -1.39. The molecule has 0 aliphatic carbocycles. The summed E-state index contributed by atoms with van der Waals surface area (Å²) in [6, 6.07) is 3.47. The molecular weight excluding hydrogens is 238 g/mol. The van der Waals surface area contributed by atoms with Crippen LogP contribution in [-0.4, -0.2) is 19.9 Å². The van der Waals surface area contributed by atoms with Gasteiger partial charge in [0, 0.05) is 19.4 Å². The quantitative estimate of drug-likeness (QED) is 0.847. The van der Waals surface area contributed by atoms with E-state index in [-0.39, 0.29) is 0 Å². The molecular formula is C12H14ClN3O. The monoisotopic (exact) mass is 251 g/mol. The third kappa shape index (κ3) is 3.28. The first-order chi connectivity index (χ1) is 8.15. The van der Waals surface area contributed by atoms with Crippen LogP contribution in [0.2, 0.25) is 5.15 Å². The van der Waals surface area contributed by atoms with Gasteiger partial charge in [0.2, 0.25) is 0 Å². The van der Waals surface area contributed by atoms with Gasteiger partial charge in [0.25, 0.3) is 0 Å². The van der Waals surface area contributed by atoms with Gasteiger partial charge < -0.3 is 5.11 Å². The lowest BCUT2D eigenvalue weighted by Gasteiger charge is -2.09. The highest BCUT2D eigenvalue weighted by molar-refractivity contribution is 6.29. The highest BCUT2D eigenvalue weighted by atomic mass is 35.5. The number of pyridine rings is 1. The molecule has 0 bridgehead atoms. The van der Waals surface area contributed by atoms with E-state index in [4.69, 9.17) is 11.6 Å². The lowest BCUT2D eigenvalue weighted by molar-refractivity contribution is 0.167. The van der Waals surface area contributed by atoms with Crippen molar-refractivity contribution in [3.63, 3.8) is 0 Å². The van der Waals surface area contributed by atoms with Crippen molar-refractivity contribution in [3.05, 3.63) is 47.0 Å². The van der Waals surface area contributed by atoms with Gasteiger partial charge in [-0.05, 0) is 36.1 Å². The molecule has 2 aromatic rings. The van der Waals surface area contributed by atoms with E-state index >= 15 is 0 Å². The van der Waals surface area contributed by atoms with Crippen molar-refractivity contribution in [1.29, 1.82) is 0 Å². The first-order valence-electron chi connectivity index (χ1n) is 5.42. The number of aliphatic hydroxyl groups excluding tert-OH is 1. The average Bonchev–Trinajstić information content (AvgIpc) is 2.72. The Morgan fingerprint density at radius 1 is 1.53 bits per heavy atom. The minimum absolute atomic E-state index is 0.405. The maximum Gasteiger partial charge on any atom is 0.129 e. The molecule has 0 aliphatic heterocycles. The van der Waals surface area contributed by atoms with Gasteiger partial charge in [-0.25, -0.2) is 4.98 Å². The second-order valence-electron chi connectivity index (χ2n) is 3.99. The minimum atomic E-state index is -0.518. The van der Waals surface area contributed by atoms with Crippen molar-refractivity contribution in [1.82, 2.24) is 14.8 Å².